The Morgan fingerprint density at radius 3 is 2.73 bits per heavy atom. The van der Waals surface area contributed by atoms with Gasteiger partial charge in [0, 0.05) is 16.9 Å². The lowest BCUT2D eigenvalue weighted by atomic mass is 10.2. The third-order valence-electron chi connectivity index (χ3n) is 1.56. The van der Waals surface area contributed by atoms with E-state index in [1.807, 2.05) is 0 Å². The second kappa shape index (κ2) is 5.18. The summed E-state index contributed by atoms with van der Waals surface area (Å²) in [6.45, 7) is -0.163. The standard InChI is InChI=1S/C8H7BrF3NOS/c1-15-14-4-7-6(8(10,11)12)2-5(9)3-13-7/h2-3H,4H2,1H3. The summed E-state index contributed by atoms with van der Waals surface area (Å²) in [4.78, 5) is 3.68. The minimum absolute atomic E-state index is 0.111. The van der Waals surface area contributed by atoms with Crippen LogP contribution < -0.4 is 0 Å². The number of aromatic nitrogens is 1. The molecule has 0 saturated heterocycles. The first-order valence-corrected chi connectivity index (χ1v) is 5.76. The van der Waals surface area contributed by atoms with Crippen LogP contribution in [0.2, 0.25) is 0 Å². The zero-order valence-electron chi connectivity index (χ0n) is 7.64. The van der Waals surface area contributed by atoms with Gasteiger partial charge in [-0.25, -0.2) is 0 Å². The summed E-state index contributed by atoms with van der Waals surface area (Å²) in [5.74, 6) is 0. The van der Waals surface area contributed by atoms with Gasteiger partial charge in [-0.05, 0) is 34.0 Å². The first-order valence-electron chi connectivity index (χ1n) is 3.82. The number of nitrogens with zero attached hydrogens (tertiary/aromatic N) is 1. The van der Waals surface area contributed by atoms with Crippen molar-refractivity contribution in [2.24, 2.45) is 0 Å². The zero-order valence-corrected chi connectivity index (χ0v) is 10.0. The normalized spacial score (nSPS) is 11.8. The molecule has 0 aromatic carbocycles. The van der Waals surface area contributed by atoms with Crippen LogP contribution in [0.3, 0.4) is 0 Å². The van der Waals surface area contributed by atoms with Crippen LogP contribution in [-0.4, -0.2) is 11.2 Å². The molecule has 0 aliphatic heterocycles. The summed E-state index contributed by atoms with van der Waals surface area (Å²) in [6.07, 6.45) is -1.46. The van der Waals surface area contributed by atoms with E-state index in [0.29, 0.717) is 4.47 Å². The first kappa shape index (κ1) is 12.8. The van der Waals surface area contributed by atoms with Gasteiger partial charge < -0.3 is 4.18 Å². The van der Waals surface area contributed by atoms with E-state index in [-0.39, 0.29) is 12.3 Å². The SMILES string of the molecule is CSOCc1ncc(Br)cc1C(F)(F)F. The number of rotatable bonds is 3. The fourth-order valence-electron chi connectivity index (χ4n) is 0.943. The molecule has 1 rings (SSSR count). The van der Waals surface area contributed by atoms with E-state index in [1.54, 1.807) is 6.26 Å². The van der Waals surface area contributed by atoms with E-state index in [2.05, 4.69) is 20.9 Å². The average Bonchev–Trinajstić information content (AvgIpc) is 2.14. The molecule has 0 unspecified atom stereocenters. The van der Waals surface area contributed by atoms with Crippen LogP contribution in [0.15, 0.2) is 16.7 Å². The predicted octanol–water partition coefficient (Wildman–Crippen LogP) is 3.66. The Labute approximate surface area is 97.6 Å². The Kier molecular flexibility index (Phi) is 4.42. The second-order valence-electron chi connectivity index (χ2n) is 2.57. The Balaban J connectivity index is 3.04. The molecule has 0 bridgehead atoms. The third-order valence-corrected chi connectivity index (χ3v) is 2.34. The van der Waals surface area contributed by atoms with E-state index in [0.717, 1.165) is 18.1 Å². The van der Waals surface area contributed by atoms with E-state index in [4.69, 9.17) is 4.18 Å². The van der Waals surface area contributed by atoms with Gasteiger partial charge in [-0.3, -0.25) is 4.98 Å². The molecule has 0 spiro atoms. The van der Waals surface area contributed by atoms with E-state index < -0.39 is 11.7 Å². The summed E-state index contributed by atoms with van der Waals surface area (Å²) in [5.41, 5.74) is -0.883. The van der Waals surface area contributed by atoms with E-state index in [1.165, 1.54) is 6.20 Å². The fourth-order valence-corrected chi connectivity index (χ4v) is 1.50. The van der Waals surface area contributed by atoms with Crippen molar-refractivity contribution in [1.29, 1.82) is 0 Å². The highest BCUT2D eigenvalue weighted by Crippen LogP contribution is 2.33. The van der Waals surface area contributed by atoms with Crippen LogP contribution in [0.1, 0.15) is 11.3 Å². The quantitative estimate of drug-likeness (QED) is 0.796. The lowest BCUT2D eigenvalue weighted by molar-refractivity contribution is -0.138. The van der Waals surface area contributed by atoms with Crippen LogP contribution in [0.5, 0.6) is 0 Å². The summed E-state index contributed by atoms with van der Waals surface area (Å²) >= 11 is 3.95. The van der Waals surface area contributed by atoms with E-state index >= 15 is 0 Å². The van der Waals surface area contributed by atoms with Crippen molar-refractivity contribution >= 4 is 28.0 Å². The van der Waals surface area contributed by atoms with Gasteiger partial charge in [0.05, 0.1) is 11.3 Å². The zero-order chi connectivity index (χ0) is 11.5. The Morgan fingerprint density at radius 2 is 2.20 bits per heavy atom. The monoisotopic (exact) mass is 301 g/mol. The van der Waals surface area contributed by atoms with Crippen LogP contribution in [0.25, 0.3) is 0 Å². The maximum absolute atomic E-state index is 12.5. The fraction of sp³-hybridized carbons (Fsp3) is 0.375. The predicted molar refractivity (Wildman–Crippen MR) is 55.2 cm³/mol. The van der Waals surface area contributed by atoms with Crippen molar-refractivity contribution in [3.8, 4) is 0 Å². The third kappa shape index (κ3) is 3.66. The molecule has 0 atom stereocenters. The molecule has 1 aromatic rings. The smallest absolute Gasteiger partial charge is 0.309 e. The van der Waals surface area contributed by atoms with Crippen molar-refractivity contribution in [1.82, 2.24) is 4.98 Å². The Morgan fingerprint density at radius 1 is 1.53 bits per heavy atom. The van der Waals surface area contributed by atoms with Crippen LogP contribution in [-0.2, 0) is 17.0 Å². The minimum Gasteiger partial charge on any atom is -0.309 e. The van der Waals surface area contributed by atoms with Crippen LogP contribution >= 0.6 is 28.0 Å². The van der Waals surface area contributed by atoms with Crippen LogP contribution in [0.4, 0.5) is 13.2 Å². The van der Waals surface area contributed by atoms with Gasteiger partial charge in [0.2, 0.25) is 0 Å². The van der Waals surface area contributed by atoms with Gasteiger partial charge in [0.1, 0.15) is 6.61 Å². The number of pyridine rings is 1. The summed E-state index contributed by atoms with van der Waals surface area (Å²) < 4.78 is 42.7. The lowest BCUT2D eigenvalue weighted by Gasteiger charge is -2.11. The van der Waals surface area contributed by atoms with Crippen LogP contribution in [0, 0.1) is 0 Å². The number of halogens is 4. The number of hydrogen-bond acceptors (Lipinski definition) is 3. The Bertz CT molecular complexity index is 345. The molecule has 0 N–H and O–H groups in total. The molecule has 7 heteroatoms. The molecule has 0 aliphatic rings. The van der Waals surface area contributed by atoms with Gasteiger partial charge >= 0.3 is 6.18 Å². The van der Waals surface area contributed by atoms with Crippen molar-refractivity contribution in [2.75, 3.05) is 6.26 Å². The average molecular weight is 302 g/mol. The van der Waals surface area contributed by atoms with Crippen molar-refractivity contribution in [3.05, 3.63) is 28.0 Å². The second-order valence-corrected chi connectivity index (χ2v) is 4.06. The summed E-state index contributed by atoms with van der Waals surface area (Å²) in [7, 11) is 0. The molecule has 0 aliphatic carbocycles. The van der Waals surface area contributed by atoms with Crippen molar-refractivity contribution in [3.63, 3.8) is 0 Å². The molecular weight excluding hydrogens is 295 g/mol. The molecule has 1 heterocycles. The number of alkyl halides is 3. The molecule has 15 heavy (non-hydrogen) atoms. The Hall–Kier alpha value is -0.270. The van der Waals surface area contributed by atoms with Gasteiger partial charge in [-0.2, -0.15) is 13.2 Å². The van der Waals surface area contributed by atoms with Crippen molar-refractivity contribution < 1.29 is 17.4 Å². The van der Waals surface area contributed by atoms with Gasteiger partial charge in [0.15, 0.2) is 0 Å². The van der Waals surface area contributed by atoms with Gasteiger partial charge in [-0.1, -0.05) is 0 Å². The molecule has 0 fully saturated rings. The highest BCUT2D eigenvalue weighted by Gasteiger charge is 2.34. The first-order chi connectivity index (χ1) is 6.95. The summed E-state index contributed by atoms with van der Waals surface area (Å²) in [5, 5.41) is 0. The topological polar surface area (TPSA) is 22.1 Å². The molecule has 0 saturated carbocycles. The molecule has 2 nitrogen and oxygen atoms in total. The van der Waals surface area contributed by atoms with Gasteiger partial charge in [0.25, 0.3) is 0 Å². The molecule has 1 aromatic heterocycles. The largest absolute Gasteiger partial charge is 0.418 e. The summed E-state index contributed by atoms with van der Waals surface area (Å²) in [6, 6.07) is 0.992. The van der Waals surface area contributed by atoms with Crippen molar-refractivity contribution in [2.45, 2.75) is 12.8 Å². The maximum atomic E-state index is 12.5. The molecule has 0 amide bonds. The van der Waals surface area contributed by atoms with Gasteiger partial charge in [-0.15, -0.1) is 0 Å². The highest BCUT2D eigenvalue weighted by atomic mass is 79.9. The molecule has 0 radical (unpaired) electrons. The highest BCUT2D eigenvalue weighted by molar-refractivity contribution is 9.10. The molecule has 84 valence electrons. The maximum Gasteiger partial charge on any atom is 0.418 e. The number of hydrogen-bond donors (Lipinski definition) is 0. The lowest BCUT2D eigenvalue weighted by Crippen LogP contribution is -2.11. The van der Waals surface area contributed by atoms with E-state index in [9.17, 15) is 13.2 Å². The molecular formula is C8H7BrF3NOS. The minimum atomic E-state index is -4.41.